The van der Waals surface area contributed by atoms with Crippen LogP contribution in [0.4, 0.5) is 10.1 Å². The molecule has 16 heavy (non-hydrogen) atoms. The molecule has 88 valence electrons. The fraction of sp³-hybridized carbons (Fsp3) is 0.538. The normalized spacial score (nSPS) is 17.4. The summed E-state index contributed by atoms with van der Waals surface area (Å²) in [6.07, 6.45) is 2.31. The average molecular weight is 222 g/mol. The van der Waals surface area contributed by atoms with Crippen molar-refractivity contribution in [1.29, 1.82) is 0 Å². The molecular formula is C13H19FN2. The van der Waals surface area contributed by atoms with Crippen LogP contribution in [0.5, 0.6) is 0 Å². The molecule has 2 N–H and O–H groups in total. The predicted molar refractivity (Wildman–Crippen MR) is 65.5 cm³/mol. The topological polar surface area (TPSA) is 24.1 Å². The van der Waals surface area contributed by atoms with Gasteiger partial charge in [0.2, 0.25) is 0 Å². The van der Waals surface area contributed by atoms with Crippen molar-refractivity contribution in [2.24, 2.45) is 0 Å². The van der Waals surface area contributed by atoms with Crippen molar-refractivity contribution in [3.8, 4) is 0 Å². The van der Waals surface area contributed by atoms with Crippen LogP contribution in [0.2, 0.25) is 0 Å². The molecule has 1 aromatic carbocycles. The Hall–Kier alpha value is -1.09. The van der Waals surface area contributed by atoms with Crippen molar-refractivity contribution in [2.45, 2.75) is 32.5 Å². The van der Waals surface area contributed by atoms with E-state index >= 15 is 0 Å². The number of alkyl halides is 1. The van der Waals surface area contributed by atoms with Crippen molar-refractivity contribution in [1.82, 2.24) is 5.32 Å². The lowest BCUT2D eigenvalue weighted by Crippen LogP contribution is -2.35. The molecule has 2 nitrogen and oxygen atoms in total. The summed E-state index contributed by atoms with van der Waals surface area (Å²) in [5, 5.41) is 6.88. The standard InChI is InChI=1S/C13H19FN2/c1-10-8-11(9-14)2-3-13(10)16-12-4-6-15-7-5-12/h2-3,8,12,15-16H,4-7,9H2,1H3. The Morgan fingerprint density at radius 3 is 2.75 bits per heavy atom. The first-order valence-corrected chi connectivity index (χ1v) is 5.92. The molecule has 0 saturated carbocycles. The van der Waals surface area contributed by atoms with E-state index in [0.717, 1.165) is 42.7 Å². The Balaban J connectivity index is 2.03. The number of nitrogens with one attached hydrogen (secondary N) is 2. The molecule has 0 unspecified atom stereocenters. The third kappa shape index (κ3) is 2.73. The van der Waals surface area contributed by atoms with Crippen LogP contribution < -0.4 is 10.6 Å². The largest absolute Gasteiger partial charge is 0.382 e. The first-order chi connectivity index (χ1) is 7.79. The first kappa shape index (κ1) is 11.4. The van der Waals surface area contributed by atoms with Crippen LogP contribution in [0.3, 0.4) is 0 Å². The number of benzene rings is 1. The first-order valence-electron chi connectivity index (χ1n) is 5.92. The molecule has 0 amide bonds. The van der Waals surface area contributed by atoms with E-state index in [4.69, 9.17) is 0 Å². The third-order valence-electron chi connectivity index (χ3n) is 3.14. The average Bonchev–Trinajstić information content (AvgIpc) is 2.33. The zero-order chi connectivity index (χ0) is 11.4. The predicted octanol–water partition coefficient (Wildman–Crippen LogP) is 2.63. The van der Waals surface area contributed by atoms with E-state index in [1.807, 2.05) is 25.1 Å². The van der Waals surface area contributed by atoms with Gasteiger partial charge in [-0.3, -0.25) is 0 Å². The summed E-state index contributed by atoms with van der Waals surface area (Å²) in [7, 11) is 0. The van der Waals surface area contributed by atoms with Gasteiger partial charge in [0.15, 0.2) is 0 Å². The fourth-order valence-electron chi connectivity index (χ4n) is 2.16. The number of rotatable bonds is 3. The summed E-state index contributed by atoms with van der Waals surface area (Å²) >= 11 is 0. The maximum absolute atomic E-state index is 12.5. The van der Waals surface area contributed by atoms with Gasteiger partial charge in [0.1, 0.15) is 6.67 Å². The number of hydrogen-bond donors (Lipinski definition) is 2. The van der Waals surface area contributed by atoms with Crippen molar-refractivity contribution < 1.29 is 4.39 Å². The van der Waals surface area contributed by atoms with Crippen molar-refractivity contribution in [3.05, 3.63) is 29.3 Å². The fourth-order valence-corrected chi connectivity index (χ4v) is 2.16. The van der Waals surface area contributed by atoms with Gasteiger partial charge in [-0.25, -0.2) is 4.39 Å². The third-order valence-corrected chi connectivity index (χ3v) is 3.14. The van der Waals surface area contributed by atoms with E-state index in [9.17, 15) is 4.39 Å². The molecule has 0 spiro atoms. The highest BCUT2D eigenvalue weighted by molar-refractivity contribution is 5.52. The number of hydrogen-bond acceptors (Lipinski definition) is 2. The van der Waals surface area contributed by atoms with Crippen molar-refractivity contribution in [3.63, 3.8) is 0 Å². The summed E-state index contributed by atoms with van der Waals surface area (Å²) in [6, 6.07) is 6.32. The Morgan fingerprint density at radius 2 is 2.12 bits per heavy atom. The van der Waals surface area contributed by atoms with Crippen LogP contribution >= 0.6 is 0 Å². The number of anilines is 1. The second kappa shape index (κ2) is 5.30. The van der Waals surface area contributed by atoms with Gasteiger partial charge in [0, 0.05) is 11.7 Å². The molecule has 0 radical (unpaired) electrons. The van der Waals surface area contributed by atoms with Gasteiger partial charge in [-0.1, -0.05) is 12.1 Å². The van der Waals surface area contributed by atoms with Crippen LogP contribution in [0.1, 0.15) is 24.0 Å². The minimum atomic E-state index is -0.380. The molecule has 1 heterocycles. The lowest BCUT2D eigenvalue weighted by molar-refractivity contribution is 0.478. The molecule has 1 aliphatic rings. The molecule has 1 saturated heterocycles. The van der Waals surface area contributed by atoms with E-state index in [0.29, 0.717) is 6.04 Å². The Morgan fingerprint density at radius 1 is 1.38 bits per heavy atom. The van der Waals surface area contributed by atoms with Gasteiger partial charge >= 0.3 is 0 Å². The molecule has 1 aromatic rings. The van der Waals surface area contributed by atoms with Gasteiger partial charge in [0.25, 0.3) is 0 Å². The number of aryl methyl sites for hydroxylation is 1. The maximum Gasteiger partial charge on any atom is 0.115 e. The molecule has 1 aliphatic heterocycles. The quantitative estimate of drug-likeness (QED) is 0.821. The van der Waals surface area contributed by atoms with E-state index in [1.54, 1.807) is 0 Å². The van der Waals surface area contributed by atoms with Crippen LogP contribution in [-0.2, 0) is 6.67 Å². The minimum absolute atomic E-state index is 0.380. The molecule has 0 bridgehead atoms. The zero-order valence-corrected chi connectivity index (χ0v) is 9.72. The van der Waals surface area contributed by atoms with Gasteiger partial charge in [-0.15, -0.1) is 0 Å². The van der Waals surface area contributed by atoms with Crippen LogP contribution in [0.25, 0.3) is 0 Å². The van der Waals surface area contributed by atoms with Gasteiger partial charge in [-0.05, 0) is 50.0 Å². The zero-order valence-electron chi connectivity index (χ0n) is 9.72. The summed E-state index contributed by atoms with van der Waals surface area (Å²) < 4.78 is 12.5. The summed E-state index contributed by atoms with van der Waals surface area (Å²) in [4.78, 5) is 0. The van der Waals surface area contributed by atoms with E-state index in [1.165, 1.54) is 0 Å². The second-order valence-electron chi connectivity index (χ2n) is 4.45. The second-order valence-corrected chi connectivity index (χ2v) is 4.45. The van der Waals surface area contributed by atoms with Gasteiger partial charge in [0.05, 0.1) is 0 Å². The molecule has 3 heteroatoms. The van der Waals surface area contributed by atoms with Crippen LogP contribution in [-0.4, -0.2) is 19.1 Å². The molecule has 1 fully saturated rings. The van der Waals surface area contributed by atoms with Crippen molar-refractivity contribution in [2.75, 3.05) is 18.4 Å². The Kier molecular flexibility index (Phi) is 3.78. The van der Waals surface area contributed by atoms with Gasteiger partial charge < -0.3 is 10.6 Å². The highest BCUT2D eigenvalue weighted by atomic mass is 19.1. The van der Waals surface area contributed by atoms with Gasteiger partial charge in [-0.2, -0.15) is 0 Å². The molecular weight excluding hydrogens is 203 g/mol. The smallest absolute Gasteiger partial charge is 0.115 e. The molecule has 2 rings (SSSR count). The molecule has 0 aliphatic carbocycles. The Bertz CT molecular complexity index is 346. The molecule has 0 aromatic heterocycles. The monoisotopic (exact) mass is 222 g/mol. The number of halogens is 1. The summed E-state index contributed by atoms with van der Waals surface area (Å²) in [5.74, 6) is 0. The number of piperidine rings is 1. The summed E-state index contributed by atoms with van der Waals surface area (Å²) in [5.41, 5.74) is 3.03. The summed E-state index contributed by atoms with van der Waals surface area (Å²) in [6.45, 7) is 3.82. The van der Waals surface area contributed by atoms with E-state index < -0.39 is 0 Å². The van der Waals surface area contributed by atoms with Crippen LogP contribution in [0.15, 0.2) is 18.2 Å². The highest BCUT2D eigenvalue weighted by Gasteiger charge is 2.13. The Labute approximate surface area is 96.2 Å². The van der Waals surface area contributed by atoms with E-state index in [2.05, 4.69) is 10.6 Å². The maximum atomic E-state index is 12.5. The SMILES string of the molecule is Cc1cc(CF)ccc1NC1CCNCC1. The van der Waals surface area contributed by atoms with E-state index in [-0.39, 0.29) is 6.67 Å². The van der Waals surface area contributed by atoms with Crippen molar-refractivity contribution >= 4 is 5.69 Å². The highest BCUT2D eigenvalue weighted by Crippen LogP contribution is 2.20. The van der Waals surface area contributed by atoms with Crippen LogP contribution in [0, 0.1) is 6.92 Å². The molecule has 0 atom stereocenters. The minimum Gasteiger partial charge on any atom is -0.382 e. The lowest BCUT2D eigenvalue weighted by atomic mass is 10.0. The lowest BCUT2D eigenvalue weighted by Gasteiger charge is -2.25.